The van der Waals surface area contributed by atoms with Gasteiger partial charge in [0, 0.05) is 29.3 Å². The Morgan fingerprint density at radius 1 is 0.892 bits per heavy atom. The average molecular weight is 522 g/mol. The number of nitrogens with one attached hydrogen (secondary N) is 1. The number of halogens is 2. The standard InChI is InChI=1S/C30H33ClFN3O2/c31-23-3-1-22(2-4-23)26-30(27(36)35(26)25-7-5-24(32)6-8-25)9-11-34(12-10-30)28(37)33-29-16-19-13-20(17-29)15-21(14-19)18-29/h1-8,19-21,26H,9-18H2,(H,33,37). The Labute approximate surface area is 222 Å². The summed E-state index contributed by atoms with van der Waals surface area (Å²) in [7, 11) is 0. The molecule has 6 aliphatic rings. The number of likely N-dealkylation sites (tertiary alicyclic amines) is 1. The van der Waals surface area contributed by atoms with E-state index in [9.17, 15) is 14.0 Å². The van der Waals surface area contributed by atoms with Crippen LogP contribution in [0.2, 0.25) is 5.02 Å². The van der Waals surface area contributed by atoms with Crippen molar-refractivity contribution in [1.29, 1.82) is 0 Å². The summed E-state index contributed by atoms with van der Waals surface area (Å²) in [4.78, 5) is 30.9. The molecule has 5 nitrogen and oxygen atoms in total. The quantitative estimate of drug-likeness (QED) is 0.480. The number of piperidine rings is 1. The highest BCUT2D eigenvalue weighted by Crippen LogP contribution is 2.58. The third-order valence-corrected chi connectivity index (χ3v) is 10.3. The first kappa shape index (κ1) is 23.5. The lowest BCUT2D eigenvalue weighted by Gasteiger charge is -2.59. The summed E-state index contributed by atoms with van der Waals surface area (Å²) in [6.45, 7) is 1.12. The molecule has 2 aromatic rings. The molecule has 2 aromatic carbocycles. The predicted octanol–water partition coefficient (Wildman–Crippen LogP) is 6.33. The van der Waals surface area contributed by atoms with Crippen LogP contribution in [0.4, 0.5) is 14.9 Å². The first-order valence-corrected chi connectivity index (χ1v) is 14.1. The molecular weight excluding hydrogens is 489 g/mol. The van der Waals surface area contributed by atoms with Gasteiger partial charge in [0.2, 0.25) is 5.91 Å². The number of amides is 3. The zero-order chi connectivity index (χ0) is 25.4. The summed E-state index contributed by atoms with van der Waals surface area (Å²) >= 11 is 6.16. The van der Waals surface area contributed by atoms with Gasteiger partial charge in [0.05, 0.1) is 11.5 Å². The van der Waals surface area contributed by atoms with Crippen molar-refractivity contribution >= 4 is 29.2 Å². The van der Waals surface area contributed by atoms with Crippen LogP contribution in [0.1, 0.15) is 63.0 Å². The third-order valence-electron chi connectivity index (χ3n) is 10.1. The Morgan fingerprint density at radius 3 is 2.03 bits per heavy atom. The van der Waals surface area contributed by atoms with E-state index in [0.29, 0.717) is 36.6 Å². The van der Waals surface area contributed by atoms with Crippen molar-refractivity contribution in [2.75, 3.05) is 18.0 Å². The molecule has 37 heavy (non-hydrogen) atoms. The van der Waals surface area contributed by atoms with Crippen LogP contribution in [0, 0.1) is 29.0 Å². The molecule has 2 saturated heterocycles. The van der Waals surface area contributed by atoms with Crippen molar-refractivity contribution in [2.45, 2.75) is 62.9 Å². The second-order valence-electron chi connectivity index (χ2n) is 12.4. The SMILES string of the molecule is O=C(NC12CC3CC(CC(C3)C1)C2)N1CCC2(CC1)C(=O)N(c1ccc(F)cc1)C2c1ccc(Cl)cc1. The molecule has 0 aromatic heterocycles. The maximum Gasteiger partial charge on any atom is 0.317 e. The zero-order valence-electron chi connectivity index (χ0n) is 21.0. The number of nitrogens with zero attached hydrogens (tertiary/aromatic N) is 2. The van der Waals surface area contributed by atoms with Gasteiger partial charge in [-0.1, -0.05) is 23.7 Å². The zero-order valence-corrected chi connectivity index (χ0v) is 21.7. The molecule has 3 amide bonds. The second kappa shape index (κ2) is 8.45. The lowest BCUT2D eigenvalue weighted by atomic mass is 9.53. The van der Waals surface area contributed by atoms with Crippen LogP contribution in [0.25, 0.3) is 0 Å². The molecular formula is C30H33ClFN3O2. The van der Waals surface area contributed by atoms with E-state index in [2.05, 4.69) is 5.32 Å². The van der Waals surface area contributed by atoms with Crippen LogP contribution in [0.3, 0.4) is 0 Å². The molecule has 2 heterocycles. The molecule has 0 radical (unpaired) electrons. The van der Waals surface area contributed by atoms with Gasteiger partial charge in [-0.05, 0) is 111 Å². The normalized spacial score (nSPS) is 33.5. The summed E-state index contributed by atoms with van der Waals surface area (Å²) in [5.41, 5.74) is 1.12. The Balaban J connectivity index is 1.09. The van der Waals surface area contributed by atoms with Crippen molar-refractivity contribution in [1.82, 2.24) is 10.2 Å². The fourth-order valence-electron chi connectivity index (χ4n) is 8.80. The Hall–Kier alpha value is -2.60. The van der Waals surface area contributed by atoms with Gasteiger partial charge in [-0.2, -0.15) is 0 Å². The largest absolute Gasteiger partial charge is 0.333 e. The van der Waals surface area contributed by atoms with E-state index in [4.69, 9.17) is 11.6 Å². The van der Waals surface area contributed by atoms with Crippen molar-refractivity contribution in [3.63, 3.8) is 0 Å². The van der Waals surface area contributed by atoms with Crippen LogP contribution in [-0.2, 0) is 4.79 Å². The topological polar surface area (TPSA) is 52.7 Å². The minimum Gasteiger partial charge on any atom is -0.333 e. The Morgan fingerprint density at radius 2 is 1.46 bits per heavy atom. The van der Waals surface area contributed by atoms with E-state index < -0.39 is 5.41 Å². The number of anilines is 1. The first-order chi connectivity index (χ1) is 17.8. The highest BCUT2D eigenvalue weighted by Gasteiger charge is 2.62. The van der Waals surface area contributed by atoms with Gasteiger partial charge in [-0.25, -0.2) is 9.18 Å². The fraction of sp³-hybridized carbons (Fsp3) is 0.533. The monoisotopic (exact) mass is 521 g/mol. The molecule has 6 fully saturated rings. The molecule has 194 valence electrons. The average Bonchev–Trinajstić information content (AvgIpc) is 2.87. The molecule has 1 atom stereocenters. The van der Waals surface area contributed by atoms with E-state index in [1.807, 2.05) is 29.2 Å². The number of rotatable bonds is 3. The number of benzene rings is 2. The molecule has 2 aliphatic heterocycles. The maximum absolute atomic E-state index is 13.7. The summed E-state index contributed by atoms with van der Waals surface area (Å²) < 4.78 is 13.6. The number of carbonyl (C=O) groups is 2. The van der Waals surface area contributed by atoms with E-state index in [1.165, 1.54) is 31.4 Å². The predicted molar refractivity (Wildman–Crippen MR) is 141 cm³/mol. The Bertz CT molecular complexity index is 1190. The number of hydrogen-bond donors (Lipinski definition) is 1. The highest BCUT2D eigenvalue weighted by atomic mass is 35.5. The molecule has 1 spiro atoms. The van der Waals surface area contributed by atoms with E-state index in [1.54, 1.807) is 17.0 Å². The van der Waals surface area contributed by atoms with Crippen LogP contribution < -0.4 is 10.2 Å². The molecule has 7 heteroatoms. The van der Waals surface area contributed by atoms with Crippen molar-refractivity contribution < 1.29 is 14.0 Å². The third kappa shape index (κ3) is 3.77. The molecule has 4 saturated carbocycles. The van der Waals surface area contributed by atoms with Crippen LogP contribution in [0.5, 0.6) is 0 Å². The van der Waals surface area contributed by atoms with E-state index >= 15 is 0 Å². The van der Waals surface area contributed by atoms with Crippen molar-refractivity contribution in [2.24, 2.45) is 23.2 Å². The van der Waals surface area contributed by atoms with E-state index in [0.717, 1.165) is 42.6 Å². The highest BCUT2D eigenvalue weighted by molar-refractivity contribution is 6.30. The Kier molecular flexibility index (Phi) is 5.37. The molecule has 1 unspecified atom stereocenters. The molecule has 8 rings (SSSR count). The van der Waals surface area contributed by atoms with Gasteiger partial charge in [-0.3, -0.25) is 4.79 Å². The van der Waals surface area contributed by atoms with E-state index in [-0.39, 0.29) is 29.3 Å². The minimum atomic E-state index is -0.570. The summed E-state index contributed by atoms with van der Waals surface area (Å²) in [6, 6.07) is 13.6. The molecule has 4 aliphatic carbocycles. The van der Waals surface area contributed by atoms with Crippen LogP contribution >= 0.6 is 11.6 Å². The van der Waals surface area contributed by atoms with Gasteiger partial charge in [0.25, 0.3) is 0 Å². The first-order valence-electron chi connectivity index (χ1n) is 13.8. The molecule has 1 N–H and O–H groups in total. The summed E-state index contributed by atoms with van der Waals surface area (Å²) in [5, 5.41) is 4.15. The number of carbonyl (C=O) groups excluding carboxylic acids is 2. The van der Waals surface area contributed by atoms with Gasteiger partial charge < -0.3 is 15.1 Å². The number of hydrogen-bond acceptors (Lipinski definition) is 2. The van der Waals surface area contributed by atoms with Gasteiger partial charge in [0.15, 0.2) is 0 Å². The maximum atomic E-state index is 13.7. The fourth-order valence-corrected chi connectivity index (χ4v) is 8.93. The lowest BCUT2D eigenvalue weighted by molar-refractivity contribution is -0.144. The lowest BCUT2D eigenvalue weighted by Crippen LogP contribution is -2.68. The van der Waals surface area contributed by atoms with Crippen LogP contribution in [-0.4, -0.2) is 35.5 Å². The van der Waals surface area contributed by atoms with Crippen LogP contribution in [0.15, 0.2) is 48.5 Å². The van der Waals surface area contributed by atoms with Gasteiger partial charge in [0.1, 0.15) is 5.82 Å². The number of urea groups is 1. The molecule has 4 bridgehead atoms. The van der Waals surface area contributed by atoms with Crippen molar-refractivity contribution in [3.8, 4) is 0 Å². The second-order valence-corrected chi connectivity index (χ2v) is 12.8. The van der Waals surface area contributed by atoms with Gasteiger partial charge >= 0.3 is 6.03 Å². The van der Waals surface area contributed by atoms with Crippen molar-refractivity contribution in [3.05, 3.63) is 64.9 Å². The smallest absolute Gasteiger partial charge is 0.317 e. The summed E-state index contributed by atoms with van der Waals surface area (Å²) in [5.74, 6) is 2.07. The minimum absolute atomic E-state index is 0.0154. The summed E-state index contributed by atoms with van der Waals surface area (Å²) in [6.07, 6.45) is 8.67. The number of β-lactam (4-membered cyclic amide) rings is 1. The van der Waals surface area contributed by atoms with Gasteiger partial charge in [-0.15, -0.1) is 0 Å².